The first kappa shape index (κ1) is 17.7. The van der Waals surface area contributed by atoms with Crippen molar-refractivity contribution in [2.24, 2.45) is 0 Å². The SMILES string of the molecule is CNC(C)Cc1noc(CSCc2nc3sc4c(c3c(=O)[nH]2)CCC4)n1. The first-order valence-corrected chi connectivity index (χ1v) is 10.7. The highest BCUT2D eigenvalue weighted by molar-refractivity contribution is 7.97. The maximum absolute atomic E-state index is 12.4. The molecule has 1 aliphatic carbocycles. The average molecular weight is 392 g/mol. The fraction of sp³-hybridized carbons (Fsp3) is 0.529. The van der Waals surface area contributed by atoms with E-state index in [1.165, 1.54) is 10.4 Å². The van der Waals surface area contributed by atoms with E-state index in [2.05, 4.69) is 32.3 Å². The molecule has 0 saturated carbocycles. The van der Waals surface area contributed by atoms with E-state index in [9.17, 15) is 4.79 Å². The van der Waals surface area contributed by atoms with E-state index in [-0.39, 0.29) is 5.56 Å². The third kappa shape index (κ3) is 3.56. The fourth-order valence-corrected chi connectivity index (χ4v) is 5.16. The van der Waals surface area contributed by atoms with E-state index < -0.39 is 0 Å². The molecule has 0 aliphatic heterocycles. The molecule has 1 unspecified atom stereocenters. The topological polar surface area (TPSA) is 96.7 Å². The van der Waals surface area contributed by atoms with Crippen molar-refractivity contribution in [1.29, 1.82) is 0 Å². The molecule has 9 heteroatoms. The molecule has 0 saturated heterocycles. The number of nitrogens with one attached hydrogen (secondary N) is 2. The Morgan fingerprint density at radius 3 is 3.08 bits per heavy atom. The minimum Gasteiger partial charge on any atom is -0.338 e. The summed E-state index contributed by atoms with van der Waals surface area (Å²) in [4.78, 5) is 26.6. The zero-order valence-corrected chi connectivity index (χ0v) is 16.4. The van der Waals surface area contributed by atoms with Gasteiger partial charge in [-0.25, -0.2) is 4.98 Å². The molecule has 3 aromatic heterocycles. The van der Waals surface area contributed by atoms with Crippen molar-refractivity contribution in [2.75, 3.05) is 7.05 Å². The van der Waals surface area contributed by atoms with Crippen LogP contribution in [-0.4, -0.2) is 33.2 Å². The highest BCUT2D eigenvalue weighted by Crippen LogP contribution is 2.34. The lowest BCUT2D eigenvalue weighted by molar-refractivity contribution is 0.382. The van der Waals surface area contributed by atoms with Crippen LogP contribution in [0.2, 0.25) is 0 Å². The van der Waals surface area contributed by atoms with Crippen LogP contribution in [0.1, 0.15) is 41.3 Å². The predicted molar refractivity (Wildman–Crippen MR) is 104 cm³/mol. The number of fused-ring (bicyclic) bond motifs is 3. The molecule has 0 bridgehead atoms. The summed E-state index contributed by atoms with van der Waals surface area (Å²) < 4.78 is 5.28. The number of thiophene rings is 1. The van der Waals surface area contributed by atoms with Gasteiger partial charge in [-0.2, -0.15) is 4.98 Å². The van der Waals surface area contributed by atoms with Crippen LogP contribution in [0.15, 0.2) is 9.32 Å². The summed E-state index contributed by atoms with van der Waals surface area (Å²) in [6.07, 6.45) is 3.96. The van der Waals surface area contributed by atoms with Crippen LogP contribution >= 0.6 is 23.1 Å². The van der Waals surface area contributed by atoms with Gasteiger partial charge in [0.2, 0.25) is 5.89 Å². The number of rotatable bonds is 7. The number of aromatic amines is 1. The van der Waals surface area contributed by atoms with Crippen molar-refractivity contribution >= 4 is 33.3 Å². The third-order valence-electron chi connectivity index (χ3n) is 4.58. The number of H-pyrrole nitrogens is 1. The molecule has 26 heavy (non-hydrogen) atoms. The number of thioether (sulfide) groups is 1. The second-order valence-corrected chi connectivity index (χ2v) is 8.61. The van der Waals surface area contributed by atoms with E-state index in [0.29, 0.717) is 35.1 Å². The molecule has 0 spiro atoms. The largest absolute Gasteiger partial charge is 0.338 e. The average Bonchev–Trinajstić information content (AvgIpc) is 3.30. The molecule has 1 aliphatic rings. The molecule has 0 radical (unpaired) electrons. The van der Waals surface area contributed by atoms with Gasteiger partial charge >= 0.3 is 0 Å². The first-order chi connectivity index (χ1) is 12.6. The van der Waals surface area contributed by atoms with Crippen molar-refractivity contribution in [2.45, 2.75) is 50.2 Å². The summed E-state index contributed by atoms with van der Waals surface area (Å²) in [5, 5.41) is 7.96. The van der Waals surface area contributed by atoms with Gasteiger partial charge in [0.05, 0.1) is 16.9 Å². The standard InChI is InChI=1S/C17H21N5O2S2/c1-9(18-2)6-12-19-14(24-22-12)8-25-7-13-20-16(23)15-10-4-3-5-11(10)26-17(15)21-13/h9,18H,3-8H2,1-2H3,(H,20,21,23). The zero-order chi connectivity index (χ0) is 18.1. The summed E-state index contributed by atoms with van der Waals surface area (Å²) in [5.74, 6) is 3.23. The first-order valence-electron chi connectivity index (χ1n) is 8.74. The molecule has 138 valence electrons. The molecule has 3 heterocycles. The molecular formula is C17H21N5O2S2. The highest BCUT2D eigenvalue weighted by Gasteiger charge is 2.21. The van der Waals surface area contributed by atoms with Gasteiger partial charge in [0.1, 0.15) is 10.7 Å². The van der Waals surface area contributed by atoms with Gasteiger partial charge in [0, 0.05) is 17.3 Å². The summed E-state index contributed by atoms with van der Waals surface area (Å²) in [6.45, 7) is 2.07. The summed E-state index contributed by atoms with van der Waals surface area (Å²) >= 11 is 3.27. The second kappa shape index (κ2) is 7.50. The Kier molecular flexibility index (Phi) is 5.10. The molecule has 7 nitrogen and oxygen atoms in total. The molecule has 0 aromatic carbocycles. The molecule has 4 rings (SSSR count). The number of aromatic nitrogens is 4. The van der Waals surface area contributed by atoms with Crippen molar-refractivity contribution in [1.82, 2.24) is 25.4 Å². The maximum atomic E-state index is 12.4. The van der Waals surface area contributed by atoms with E-state index >= 15 is 0 Å². The quantitative estimate of drug-likeness (QED) is 0.638. The lowest BCUT2D eigenvalue weighted by Gasteiger charge is -2.04. The van der Waals surface area contributed by atoms with Crippen molar-refractivity contribution in [3.63, 3.8) is 0 Å². The van der Waals surface area contributed by atoms with Gasteiger partial charge in [-0.1, -0.05) is 5.16 Å². The monoisotopic (exact) mass is 391 g/mol. The normalized spacial score (nSPS) is 14.8. The Morgan fingerprint density at radius 2 is 2.23 bits per heavy atom. The number of likely N-dealkylation sites (N-methyl/N-ethyl adjacent to an activating group) is 1. The van der Waals surface area contributed by atoms with E-state index in [4.69, 9.17) is 4.52 Å². The molecular weight excluding hydrogens is 370 g/mol. The van der Waals surface area contributed by atoms with Gasteiger partial charge in [-0.05, 0) is 38.8 Å². The number of hydrogen-bond acceptors (Lipinski definition) is 8. The predicted octanol–water partition coefficient (Wildman–Crippen LogP) is 2.44. The van der Waals surface area contributed by atoms with Crippen LogP contribution in [0.3, 0.4) is 0 Å². The highest BCUT2D eigenvalue weighted by atomic mass is 32.2. The second-order valence-electron chi connectivity index (χ2n) is 6.54. The fourth-order valence-electron chi connectivity index (χ4n) is 3.16. The van der Waals surface area contributed by atoms with Crippen LogP contribution in [-0.2, 0) is 30.8 Å². The van der Waals surface area contributed by atoms with Crippen LogP contribution in [0.4, 0.5) is 0 Å². The van der Waals surface area contributed by atoms with Crippen molar-refractivity contribution in [3.8, 4) is 0 Å². The minimum atomic E-state index is -0.00821. The van der Waals surface area contributed by atoms with E-state index in [1.54, 1.807) is 23.1 Å². The zero-order valence-electron chi connectivity index (χ0n) is 14.8. The lowest BCUT2D eigenvalue weighted by atomic mass is 10.2. The maximum Gasteiger partial charge on any atom is 0.259 e. The Hall–Kier alpha value is -1.71. The van der Waals surface area contributed by atoms with Crippen molar-refractivity contribution in [3.05, 3.63) is 38.3 Å². The summed E-state index contributed by atoms with van der Waals surface area (Å²) in [5.41, 5.74) is 1.21. The molecule has 3 aromatic rings. The summed E-state index contributed by atoms with van der Waals surface area (Å²) in [7, 11) is 1.91. The van der Waals surface area contributed by atoms with Gasteiger partial charge in [0.15, 0.2) is 5.82 Å². The molecule has 0 amide bonds. The van der Waals surface area contributed by atoms with Crippen LogP contribution in [0, 0.1) is 0 Å². The Morgan fingerprint density at radius 1 is 1.35 bits per heavy atom. The summed E-state index contributed by atoms with van der Waals surface area (Å²) in [6, 6.07) is 0.307. The molecule has 0 fully saturated rings. The smallest absolute Gasteiger partial charge is 0.259 e. The van der Waals surface area contributed by atoms with Gasteiger partial charge in [-0.15, -0.1) is 23.1 Å². The van der Waals surface area contributed by atoms with Crippen molar-refractivity contribution < 1.29 is 4.52 Å². The molecule has 1 atom stereocenters. The van der Waals surface area contributed by atoms with Gasteiger partial charge in [-0.3, -0.25) is 4.79 Å². The van der Waals surface area contributed by atoms with Crippen LogP contribution in [0.5, 0.6) is 0 Å². The lowest BCUT2D eigenvalue weighted by Crippen LogP contribution is -2.24. The Balaban J connectivity index is 1.40. The van der Waals surface area contributed by atoms with Crippen LogP contribution < -0.4 is 10.9 Å². The number of nitrogens with zero attached hydrogens (tertiary/aromatic N) is 3. The van der Waals surface area contributed by atoms with E-state index in [0.717, 1.165) is 35.9 Å². The van der Waals surface area contributed by atoms with Gasteiger partial charge < -0.3 is 14.8 Å². The van der Waals surface area contributed by atoms with E-state index in [1.807, 2.05) is 7.05 Å². The Labute approximate surface area is 159 Å². The number of hydrogen-bond donors (Lipinski definition) is 2. The number of aryl methyl sites for hydroxylation is 2. The third-order valence-corrected chi connectivity index (χ3v) is 6.69. The van der Waals surface area contributed by atoms with Crippen LogP contribution in [0.25, 0.3) is 10.2 Å². The Bertz CT molecular complexity index is 977. The molecule has 2 N–H and O–H groups in total. The van der Waals surface area contributed by atoms with Gasteiger partial charge in [0.25, 0.3) is 5.56 Å². The minimum absolute atomic E-state index is 0.00821.